The number of benzene rings is 1. The fraction of sp³-hybridized carbons (Fsp3) is 0.0833. The van der Waals surface area contributed by atoms with Gasteiger partial charge < -0.3 is 9.32 Å². The largest absolute Gasteiger partial charge is 0.457 e. The summed E-state index contributed by atoms with van der Waals surface area (Å²) in [5, 5.41) is 0. The number of carbonyl (C=O) groups excluding carboxylic acids is 1. The van der Waals surface area contributed by atoms with E-state index >= 15 is 0 Å². The SMILES string of the molecule is CN(C(=O)c1coc(Br)c1)c1ccccc1. The van der Waals surface area contributed by atoms with Crippen molar-refractivity contribution in [2.45, 2.75) is 0 Å². The summed E-state index contributed by atoms with van der Waals surface area (Å²) in [6.45, 7) is 0. The third-order valence-electron chi connectivity index (χ3n) is 2.26. The zero-order chi connectivity index (χ0) is 11.5. The maximum absolute atomic E-state index is 12.0. The number of hydrogen-bond donors (Lipinski definition) is 0. The van der Waals surface area contributed by atoms with E-state index in [2.05, 4.69) is 15.9 Å². The topological polar surface area (TPSA) is 33.5 Å². The standard InChI is InChI=1S/C12H10BrNO2/c1-14(10-5-3-2-4-6-10)12(15)9-7-11(13)16-8-9/h2-8H,1H3. The molecule has 0 atom stereocenters. The number of rotatable bonds is 2. The van der Waals surface area contributed by atoms with E-state index < -0.39 is 0 Å². The van der Waals surface area contributed by atoms with Gasteiger partial charge >= 0.3 is 0 Å². The third kappa shape index (κ3) is 2.17. The Labute approximate surface area is 102 Å². The van der Waals surface area contributed by atoms with Crippen molar-refractivity contribution in [3.8, 4) is 0 Å². The molecule has 0 bridgehead atoms. The van der Waals surface area contributed by atoms with E-state index in [0.29, 0.717) is 10.2 Å². The molecule has 0 unspecified atom stereocenters. The molecule has 0 saturated heterocycles. The van der Waals surface area contributed by atoms with Crippen molar-refractivity contribution in [1.82, 2.24) is 0 Å². The summed E-state index contributed by atoms with van der Waals surface area (Å²) in [5.74, 6) is -0.0966. The first kappa shape index (κ1) is 11.0. The predicted molar refractivity (Wildman–Crippen MR) is 65.6 cm³/mol. The number of anilines is 1. The van der Waals surface area contributed by atoms with Gasteiger partial charge in [-0.25, -0.2) is 0 Å². The minimum Gasteiger partial charge on any atom is -0.457 e. The van der Waals surface area contributed by atoms with Crippen LogP contribution in [0.15, 0.2) is 51.7 Å². The van der Waals surface area contributed by atoms with Gasteiger partial charge in [0, 0.05) is 18.8 Å². The maximum Gasteiger partial charge on any atom is 0.261 e. The molecule has 1 aromatic carbocycles. The number of hydrogen-bond acceptors (Lipinski definition) is 2. The Morgan fingerprint density at radius 3 is 2.56 bits per heavy atom. The zero-order valence-electron chi connectivity index (χ0n) is 8.68. The summed E-state index contributed by atoms with van der Waals surface area (Å²) in [5.41, 5.74) is 1.38. The summed E-state index contributed by atoms with van der Waals surface area (Å²) >= 11 is 3.17. The van der Waals surface area contributed by atoms with Crippen molar-refractivity contribution in [3.05, 3.63) is 52.9 Å². The molecule has 16 heavy (non-hydrogen) atoms. The number of para-hydroxylation sites is 1. The lowest BCUT2D eigenvalue weighted by atomic mass is 10.2. The van der Waals surface area contributed by atoms with Crippen molar-refractivity contribution in [2.24, 2.45) is 0 Å². The molecule has 0 aliphatic carbocycles. The molecule has 2 rings (SSSR count). The van der Waals surface area contributed by atoms with Gasteiger partial charge in [0.15, 0.2) is 4.67 Å². The first-order valence-corrected chi connectivity index (χ1v) is 5.55. The normalized spacial score (nSPS) is 10.1. The fourth-order valence-corrected chi connectivity index (χ4v) is 1.72. The van der Waals surface area contributed by atoms with Crippen LogP contribution in [-0.2, 0) is 0 Å². The Morgan fingerprint density at radius 1 is 1.31 bits per heavy atom. The van der Waals surface area contributed by atoms with Gasteiger partial charge in [0.25, 0.3) is 5.91 Å². The van der Waals surface area contributed by atoms with Crippen LogP contribution in [0, 0.1) is 0 Å². The van der Waals surface area contributed by atoms with Crippen molar-refractivity contribution in [3.63, 3.8) is 0 Å². The minimum atomic E-state index is -0.0966. The van der Waals surface area contributed by atoms with Gasteiger partial charge in [-0.1, -0.05) is 18.2 Å². The minimum absolute atomic E-state index is 0.0966. The number of halogens is 1. The van der Waals surface area contributed by atoms with Gasteiger partial charge in [-0.3, -0.25) is 4.79 Å². The van der Waals surface area contributed by atoms with Crippen molar-refractivity contribution in [1.29, 1.82) is 0 Å². The molecule has 0 saturated carbocycles. The smallest absolute Gasteiger partial charge is 0.261 e. The van der Waals surface area contributed by atoms with Crippen LogP contribution in [0.1, 0.15) is 10.4 Å². The molecule has 0 spiro atoms. The van der Waals surface area contributed by atoms with E-state index in [9.17, 15) is 4.79 Å². The molecule has 4 heteroatoms. The van der Waals surface area contributed by atoms with E-state index in [1.165, 1.54) is 6.26 Å². The van der Waals surface area contributed by atoms with E-state index in [1.807, 2.05) is 30.3 Å². The lowest BCUT2D eigenvalue weighted by Gasteiger charge is -2.15. The van der Waals surface area contributed by atoms with Crippen LogP contribution in [0.2, 0.25) is 0 Å². The second-order valence-corrected chi connectivity index (χ2v) is 4.12. The first-order chi connectivity index (χ1) is 7.68. The first-order valence-electron chi connectivity index (χ1n) is 4.75. The van der Waals surface area contributed by atoms with Crippen molar-refractivity contribution in [2.75, 3.05) is 11.9 Å². The summed E-state index contributed by atoms with van der Waals surface area (Å²) in [7, 11) is 1.73. The second kappa shape index (κ2) is 4.53. The average molecular weight is 280 g/mol. The molecule has 0 aliphatic heterocycles. The monoisotopic (exact) mass is 279 g/mol. The van der Waals surface area contributed by atoms with Gasteiger partial charge in [-0.05, 0) is 28.1 Å². The fourth-order valence-electron chi connectivity index (χ4n) is 1.38. The van der Waals surface area contributed by atoms with Crippen LogP contribution >= 0.6 is 15.9 Å². The average Bonchev–Trinajstić information content (AvgIpc) is 2.75. The van der Waals surface area contributed by atoms with E-state index in [-0.39, 0.29) is 5.91 Å². The van der Waals surface area contributed by atoms with Gasteiger partial charge in [-0.2, -0.15) is 0 Å². The molecule has 0 N–H and O–H groups in total. The highest BCUT2D eigenvalue weighted by atomic mass is 79.9. The van der Waals surface area contributed by atoms with Crippen LogP contribution in [0.3, 0.4) is 0 Å². The van der Waals surface area contributed by atoms with Crippen molar-refractivity contribution >= 4 is 27.5 Å². The summed E-state index contributed by atoms with van der Waals surface area (Å²) in [6.07, 6.45) is 1.44. The highest BCUT2D eigenvalue weighted by molar-refractivity contribution is 9.10. The summed E-state index contributed by atoms with van der Waals surface area (Å²) in [4.78, 5) is 13.6. The zero-order valence-corrected chi connectivity index (χ0v) is 10.3. The molecule has 1 heterocycles. The van der Waals surface area contributed by atoms with Gasteiger partial charge in [0.1, 0.15) is 6.26 Å². The number of furan rings is 1. The molecule has 1 aromatic heterocycles. The highest BCUT2D eigenvalue weighted by Gasteiger charge is 2.15. The van der Waals surface area contributed by atoms with Gasteiger partial charge in [0.05, 0.1) is 5.56 Å². The Hall–Kier alpha value is -1.55. The van der Waals surface area contributed by atoms with Crippen LogP contribution in [0.5, 0.6) is 0 Å². The molecular formula is C12H10BrNO2. The molecule has 3 nitrogen and oxygen atoms in total. The van der Waals surface area contributed by atoms with Gasteiger partial charge in [-0.15, -0.1) is 0 Å². The maximum atomic E-state index is 12.0. The Bertz CT molecular complexity index is 493. The van der Waals surface area contributed by atoms with E-state index in [0.717, 1.165) is 5.69 Å². The molecule has 0 fully saturated rings. The van der Waals surface area contributed by atoms with Crippen LogP contribution in [-0.4, -0.2) is 13.0 Å². The van der Waals surface area contributed by atoms with Crippen LogP contribution < -0.4 is 4.90 Å². The Morgan fingerprint density at radius 2 is 2.00 bits per heavy atom. The Kier molecular flexibility index (Phi) is 3.10. The quantitative estimate of drug-likeness (QED) is 0.845. The van der Waals surface area contributed by atoms with Crippen molar-refractivity contribution < 1.29 is 9.21 Å². The number of amides is 1. The van der Waals surface area contributed by atoms with E-state index in [1.54, 1.807) is 18.0 Å². The molecular weight excluding hydrogens is 270 g/mol. The van der Waals surface area contributed by atoms with Crippen LogP contribution in [0.25, 0.3) is 0 Å². The molecule has 2 aromatic rings. The molecule has 0 radical (unpaired) electrons. The predicted octanol–water partition coefficient (Wildman–Crippen LogP) is 3.32. The summed E-state index contributed by atoms with van der Waals surface area (Å²) < 4.78 is 5.59. The summed E-state index contributed by atoms with van der Waals surface area (Å²) in [6, 6.07) is 11.1. The highest BCUT2D eigenvalue weighted by Crippen LogP contribution is 2.18. The molecule has 82 valence electrons. The molecule has 1 amide bonds. The Balaban J connectivity index is 2.23. The van der Waals surface area contributed by atoms with Gasteiger partial charge in [0.2, 0.25) is 0 Å². The third-order valence-corrected chi connectivity index (χ3v) is 2.68. The molecule has 0 aliphatic rings. The second-order valence-electron chi connectivity index (χ2n) is 3.34. The van der Waals surface area contributed by atoms with E-state index in [4.69, 9.17) is 4.42 Å². The van der Waals surface area contributed by atoms with Crippen LogP contribution in [0.4, 0.5) is 5.69 Å². The lowest BCUT2D eigenvalue weighted by molar-refractivity contribution is 0.0992. The lowest BCUT2D eigenvalue weighted by Crippen LogP contribution is -2.25. The number of carbonyl (C=O) groups is 1. The number of nitrogens with zero attached hydrogens (tertiary/aromatic N) is 1.